The molecule has 21 heavy (non-hydrogen) atoms. The average Bonchev–Trinajstić information content (AvgIpc) is 2.97. The third-order valence-corrected chi connectivity index (χ3v) is 5.84. The third-order valence-electron chi connectivity index (χ3n) is 4.84. The van der Waals surface area contributed by atoms with Gasteiger partial charge in [0.15, 0.2) is 0 Å². The van der Waals surface area contributed by atoms with Crippen LogP contribution in [0.5, 0.6) is 0 Å². The van der Waals surface area contributed by atoms with Crippen LogP contribution in [0.2, 0.25) is 0 Å². The highest BCUT2D eigenvalue weighted by molar-refractivity contribution is 7.15. The molecule has 1 heterocycles. The van der Waals surface area contributed by atoms with Crippen molar-refractivity contribution in [1.29, 1.82) is 0 Å². The molecule has 2 saturated carbocycles. The van der Waals surface area contributed by atoms with Gasteiger partial charge in [-0.3, -0.25) is 4.79 Å². The van der Waals surface area contributed by atoms with Crippen LogP contribution in [0.3, 0.4) is 0 Å². The largest absolute Gasteiger partial charge is 0.301 e. The van der Waals surface area contributed by atoms with Gasteiger partial charge in [0.2, 0.25) is 11.0 Å². The van der Waals surface area contributed by atoms with E-state index < -0.39 is 0 Å². The summed E-state index contributed by atoms with van der Waals surface area (Å²) in [5.74, 6) is 1.26. The Bertz CT molecular complexity index is 462. The normalized spacial score (nSPS) is 21.3. The first kappa shape index (κ1) is 14.9. The molecule has 1 N–H and O–H groups in total. The Labute approximate surface area is 130 Å². The molecule has 0 radical (unpaired) electrons. The number of amides is 1. The first-order chi connectivity index (χ1) is 10.3. The molecule has 2 fully saturated rings. The smallest absolute Gasteiger partial charge is 0.226 e. The van der Waals surface area contributed by atoms with Crippen LogP contribution in [0.4, 0.5) is 5.13 Å². The molecule has 2 aliphatic rings. The summed E-state index contributed by atoms with van der Waals surface area (Å²) in [6.07, 6.45) is 13.4. The predicted molar refractivity (Wildman–Crippen MR) is 85.6 cm³/mol. The van der Waals surface area contributed by atoms with E-state index in [0.29, 0.717) is 23.4 Å². The van der Waals surface area contributed by atoms with Crippen LogP contribution < -0.4 is 5.32 Å². The molecule has 1 amide bonds. The lowest BCUT2D eigenvalue weighted by molar-refractivity contribution is -0.117. The van der Waals surface area contributed by atoms with Crippen molar-refractivity contribution < 1.29 is 4.79 Å². The second-order valence-corrected chi connectivity index (χ2v) is 7.55. The van der Waals surface area contributed by atoms with E-state index in [4.69, 9.17) is 0 Å². The third kappa shape index (κ3) is 4.25. The Morgan fingerprint density at radius 3 is 2.38 bits per heavy atom. The maximum absolute atomic E-state index is 12.1. The lowest BCUT2D eigenvalue weighted by Crippen LogP contribution is -2.18. The minimum absolute atomic E-state index is 0.119. The van der Waals surface area contributed by atoms with Gasteiger partial charge in [0.1, 0.15) is 5.01 Å². The van der Waals surface area contributed by atoms with Gasteiger partial charge in [-0.25, -0.2) is 0 Å². The Morgan fingerprint density at radius 2 is 1.67 bits per heavy atom. The molecular formula is C16H25N3OS. The minimum Gasteiger partial charge on any atom is -0.301 e. The lowest BCUT2D eigenvalue weighted by atomic mass is 9.87. The SMILES string of the molecule is O=C(CC1CCCCC1)Nc1nnc(C2CCCCC2)s1. The molecule has 0 unspecified atom stereocenters. The highest BCUT2D eigenvalue weighted by Gasteiger charge is 2.21. The van der Waals surface area contributed by atoms with E-state index in [1.807, 2.05) is 0 Å². The van der Waals surface area contributed by atoms with Crippen LogP contribution in [-0.4, -0.2) is 16.1 Å². The van der Waals surface area contributed by atoms with Crippen LogP contribution in [-0.2, 0) is 4.79 Å². The number of aromatic nitrogens is 2. The lowest BCUT2D eigenvalue weighted by Gasteiger charge is -2.20. The Hall–Kier alpha value is -0.970. The zero-order chi connectivity index (χ0) is 14.5. The molecule has 2 aliphatic carbocycles. The standard InChI is InChI=1S/C16H25N3OS/c20-14(11-12-7-3-1-4-8-12)17-16-19-18-15(21-16)13-9-5-2-6-10-13/h12-13H,1-11H2,(H,17,19,20). The second-order valence-electron chi connectivity index (χ2n) is 6.54. The van der Waals surface area contributed by atoms with Crippen molar-refractivity contribution in [2.75, 3.05) is 5.32 Å². The highest BCUT2D eigenvalue weighted by Crippen LogP contribution is 2.35. The molecule has 0 spiro atoms. The van der Waals surface area contributed by atoms with Crippen molar-refractivity contribution in [3.05, 3.63) is 5.01 Å². The van der Waals surface area contributed by atoms with Crippen LogP contribution in [0.1, 0.15) is 81.6 Å². The minimum atomic E-state index is 0.119. The molecular weight excluding hydrogens is 282 g/mol. The predicted octanol–water partition coefficient (Wildman–Crippen LogP) is 4.49. The van der Waals surface area contributed by atoms with E-state index in [1.165, 1.54) is 64.2 Å². The van der Waals surface area contributed by atoms with Crippen LogP contribution in [0.25, 0.3) is 0 Å². The number of nitrogens with zero attached hydrogens (tertiary/aromatic N) is 2. The molecule has 4 nitrogen and oxygen atoms in total. The number of hydrogen-bond donors (Lipinski definition) is 1. The molecule has 3 rings (SSSR count). The van der Waals surface area contributed by atoms with Crippen molar-refractivity contribution in [3.63, 3.8) is 0 Å². The van der Waals surface area contributed by atoms with Gasteiger partial charge < -0.3 is 5.32 Å². The van der Waals surface area contributed by atoms with Gasteiger partial charge in [0.05, 0.1) is 0 Å². The van der Waals surface area contributed by atoms with Gasteiger partial charge in [0.25, 0.3) is 0 Å². The van der Waals surface area contributed by atoms with Gasteiger partial charge in [-0.15, -0.1) is 10.2 Å². The van der Waals surface area contributed by atoms with E-state index in [0.717, 1.165) is 5.01 Å². The molecule has 5 heteroatoms. The van der Waals surface area contributed by atoms with Crippen LogP contribution in [0, 0.1) is 5.92 Å². The Balaban J connectivity index is 1.50. The van der Waals surface area contributed by atoms with Crippen LogP contribution >= 0.6 is 11.3 Å². The van der Waals surface area contributed by atoms with Crippen LogP contribution in [0.15, 0.2) is 0 Å². The average molecular weight is 307 g/mol. The van der Waals surface area contributed by atoms with Gasteiger partial charge >= 0.3 is 0 Å². The molecule has 0 aliphatic heterocycles. The second kappa shape index (κ2) is 7.34. The summed E-state index contributed by atoms with van der Waals surface area (Å²) in [6.45, 7) is 0. The van der Waals surface area contributed by atoms with Crippen molar-refractivity contribution in [2.45, 2.75) is 76.5 Å². The van der Waals surface area contributed by atoms with E-state index in [2.05, 4.69) is 15.5 Å². The summed E-state index contributed by atoms with van der Waals surface area (Å²) in [5.41, 5.74) is 0. The van der Waals surface area contributed by atoms with E-state index >= 15 is 0 Å². The van der Waals surface area contributed by atoms with Gasteiger partial charge in [-0.2, -0.15) is 0 Å². The van der Waals surface area contributed by atoms with E-state index in [9.17, 15) is 4.79 Å². The number of carbonyl (C=O) groups excluding carboxylic acids is 1. The molecule has 0 bridgehead atoms. The summed E-state index contributed by atoms with van der Waals surface area (Å²) in [4.78, 5) is 12.1. The van der Waals surface area contributed by atoms with Gasteiger partial charge in [0, 0.05) is 12.3 Å². The zero-order valence-corrected chi connectivity index (χ0v) is 13.5. The summed E-state index contributed by atoms with van der Waals surface area (Å²) in [6, 6.07) is 0. The molecule has 0 saturated heterocycles. The summed E-state index contributed by atoms with van der Waals surface area (Å²) in [5, 5.41) is 13.2. The molecule has 116 valence electrons. The fourth-order valence-corrected chi connectivity index (χ4v) is 4.55. The van der Waals surface area contributed by atoms with Crippen molar-refractivity contribution in [3.8, 4) is 0 Å². The number of nitrogens with one attached hydrogen (secondary N) is 1. The maximum atomic E-state index is 12.1. The van der Waals surface area contributed by atoms with Crippen molar-refractivity contribution in [1.82, 2.24) is 10.2 Å². The number of anilines is 1. The first-order valence-corrected chi connectivity index (χ1v) is 9.26. The number of carbonyl (C=O) groups is 1. The summed E-state index contributed by atoms with van der Waals surface area (Å²) in [7, 11) is 0. The maximum Gasteiger partial charge on any atom is 0.226 e. The van der Waals surface area contributed by atoms with E-state index in [-0.39, 0.29) is 5.91 Å². The topological polar surface area (TPSA) is 54.9 Å². The first-order valence-electron chi connectivity index (χ1n) is 8.44. The molecule has 1 aromatic rings. The summed E-state index contributed by atoms with van der Waals surface area (Å²) < 4.78 is 0. The van der Waals surface area contributed by atoms with Crippen molar-refractivity contribution in [2.24, 2.45) is 5.92 Å². The number of rotatable bonds is 4. The van der Waals surface area contributed by atoms with Crippen molar-refractivity contribution >= 4 is 22.4 Å². The van der Waals surface area contributed by atoms with Gasteiger partial charge in [-0.05, 0) is 31.6 Å². The Morgan fingerprint density at radius 1 is 1.00 bits per heavy atom. The zero-order valence-electron chi connectivity index (χ0n) is 12.6. The fourth-order valence-electron chi connectivity index (χ4n) is 3.62. The summed E-state index contributed by atoms with van der Waals surface area (Å²) >= 11 is 1.58. The number of hydrogen-bond acceptors (Lipinski definition) is 4. The highest BCUT2D eigenvalue weighted by atomic mass is 32.1. The molecule has 0 atom stereocenters. The molecule has 1 aromatic heterocycles. The van der Waals surface area contributed by atoms with Gasteiger partial charge in [-0.1, -0.05) is 49.9 Å². The fraction of sp³-hybridized carbons (Fsp3) is 0.812. The quantitative estimate of drug-likeness (QED) is 0.891. The molecule has 0 aromatic carbocycles. The van der Waals surface area contributed by atoms with E-state index in [1.54, 1.807) is 11.3 Å². The Kier molecular flexibility index (Phi) is 5.22. The monoisotopic (exact) mass is 307 g/mol.